The lowest BCUT2D eigenvalue weighted by Gasteiger charge is -2.27. The highest BCUT2D eigenvalue weighted by Crippen LogP contribution is 2.38. The molecule has 0 bridgehead atoms. The second-order valence-corrected chi connectivity index (χ2v) is 7.35. The van der Waals surface area contributed by atoms with E-state index in [9.17, 15) is 19.1 Å². The smallest absolute Gasteiger partial charge is 0.295 e. The van der Waals surface area contributed by atoms with Gasteiger partial charge in [-0.05, 0) is 30.2 Å². The largest absolute Gasteiger partial charge is 0.872 e. The number of likely N-dealkylation sites (N-methyl/N-ethyl adjacent to an activating group) is 1. The Kier molecular flexibility index (Phi) is 5.61. The predicted octanol–water partition coefficient (Wildman–Crippen LogP) is 0.503. The van der Waals surface area contributed by atoms with Gasteiger partial charge in [-0.2, -0.15) is 0 Å². The minimum absolute atomic E-state index is 0.0748. The van der Waals surface area contributed by atoms with Gasteiger partial charge in [-0.1, -0.05) is 47.7 Å². The Balaban J connectivity index is 2.13. The Morgan fingerprint density at radius 1 is 1.07 bits per heavy atom. The zero-order chi connectivity index (χ0) is 20.4. The van der Waals surface area contributed by atoms with Crippen LogP contribution in [0.2, 0.25) is 0 Å². The maximum Gasteiger partial charge on any atom is 0.295 e. The van der Waals surface area contributed by atoms with Gasteiger partial charge >= 0.3 is 0 Å². The zero-order valence-corrected chi connectivity index (χ0v) is 16.2. The summed E-state index contributed by atoms with van der Waals surface area (Å²) in [7, 11) is 3.88. The van der Waals surface area contributed by atoms with Crippen LogP contribution < -0.4 is 10.0 Å². The molecule has 1 aliphatic rings. The van der Waals surface area contributed by atoms with Crippen LogP contribution in [0, 0.1) is 12.7 Å². The lowest BCUT2D eigenvalue weighted by Crippen LogP contribution is -3.06. The fourth-order valence-electron chi connectivity index (χ4n) is 3.30. The lowest BCUT2D eigenvalue weighted by atomic mass is 9.95. The molecular weight excluding hydrogens is 359 g/mol. The van der Waals surface area contributed by atoms with E-state index in [0.717, 1.165) is 10.5 Å². The van der Waals surface area contributed by atoms with Gasteiger partial charge in [0, 0.05) is 5.57 Å². The number of nitrogens with zero attached hydrogens (tertiary/aromatic N) is 1. The Morgan fingerprint density at radius 2 is 1.68 bits per heavy atom. The highest BCUT2D eigenvalue weighted by atomic mass is 19.1. The van der Waals surface area contributed by atoms with Gasteiger partial charge in [0.05, 0.1) is 33.2 Å². The summed E-state index contributed by atoms with van der Waals surface area (Å²) >= 11 is 0. The summed E-state index contributed by atoms with van der Waals surface area (Å²) < 4.78 is 13.4. The van der Waals surface area contributed by atoms with E-state index in [0.29, 0.717) is 24.2 Å². The molecule has 146 valence electrons. The summed E-state index contributed by atoms with van der Waals surface area (Å²) in [6, 6.07) is 11.6. The van der Waals surface area contributed by atoms with Gasteiger partial charge in [-0.15, -0.1) is 0 Å². The van der Waals surface area contributed by atoms with Crippen molar-refractivity contribution in [3.63, 3.8) is 0 Å². The monoisotopic (exact) mass is 382 g/mol. The van der Waals surface area contributed by atoms with E-state index in [1.54, 1.807) is 24.3 Å². The number of benzene rings is 2. The number of likely N-dealkylation sites (tertiary alicyclic amines) is 1. The van der Waals surface area contributed by atoms with Crippen LogP contribution >= 0.6 is 0 Å². The number of quaternary nitrogens is 1. The van der Waals surface area contributed by atoms with Crippen LogP contribution in [0.15, 0.2) is 54.1 Å². The van der Waals surface area contributed by atoms with Crippen LogP contribution in [0.1, 0.15) is 22.7 Å². The summed E-state index contributed by atoms with van der Waals surface area (Å²) in [6.45, 7) is 2.83. The molecule has 1 unspecified atom stereocenters. The van der Waals surface area contributed by atoms with Gasteiger partial charge in [0.2, 0.25) is 5.78 Å². The molecule has 0 radical (unpaired) electrons. The second-order valence-electron chi connectivity index (χ2n) is 7.35. The first-order chi connectivity index (χ1) is 13.3. The van der Waals surface area contributed by atoms with Crippen LogP contribution in [0.4, 0.5) is 4.39 Å². The number of nitrogens with one attached hydrogen (secondary N) is 1. The average Bonchev–Trinajstić information content (AvgIpc) is 2.91. The molecule has 1 saturated heterocycles. The molecule has 28 heavy (non-hydrogen) atoms. The van der Waals surface area contributed by atoms with Gasteiger partial charge in [-0.3, -0.25) is 9.59 Å². The number of Topliss-reactive ketones (excluding diaryl/α,β-unsaturated/α-hetero) is 1. The van der Waals surface area contributed by atoms with Crippen molar-refractivity contribution in [2.45, 2.75) is 13.0 Å². The minimum atomic E-state index is -0.811. The molecule has 2 aromatic rings. The molecule has 2 aromatic carbocycles. The van der Waals surface area contributed by atoms with Gasteiger partial charge in [-0.25, -0.2) is 4.39 Å². The van der Waals surface area contributed by atoms with Crippen LogP contribution in [0.25, 0.3) is 5.76 Å². The first-order valence-electron chi connectivity index (χ1n) is 9.17. The Labute approximate surface area is 163 Å². The number of carbonyl (C=O) groups excluding carboxylic acids is 2. The summed E-state index contributed by atoms with van der Waals surface area (Å²) in [4.78, 5) is 28.0. The summed E-state index contributed by atoms with van der Waals surface area (Å²) in [5.41, 5.74) is 1.81. The molecular formula is C22H23FN2O3. The molecule has 0 aliphatic carbocycles. The number of aryl methyl sites for hydroxylation is 1. The van der Waals surface area contributed by atoms with Gasteiger partial charge in [0.25, 0.3) is 5.91 Å². The predicted molar refractivity (Wildman–Crippen MR) is 102 cm³/mol. The van der Waals surface area contributed by atoms with Crippen molar-refractivity contribution < 1.29 is 24.0 Å². The molecule has 1 fully saturated rings. The third kappa shape index (κ3) is 3.82. The maximum atomic E-state index is 13.4. The normalized spacial score (nSPS) is 18.9. The van der Waals surface area contributed by atoms with Gasteiger partial charge in [0.1, 0.15) is 5.82 Å². The maximum absolute atomic E-state index is 13.4. The summed E-state index contributed by atoms with van der Waals surface area (Å²) in [6.07, 6.45) is 0. The molecule has 1 atom stereocenters. The van der Waals surface area contributed by atoms with Crippen LogP contribution in [0.3, 0.4) is 0 Å². The number of rotatable bonds is 5. The van der Waals surface area contributed by atoms with Crippen LogP contribution in [-0.2, 0) is 9.59 Å². The molecule has 0 spiro atoms. The Morgan fingerprint density at radius 3 is 2.25 bits per heavy atom. The average molecular weight is 382 g/mol. The Hall–Kier alpha value is -2.99. The molecule has 1 amide bonds. The van der Waals surface area contributed by atoms with E-state index in [2.05, 4.69) is 0 Å². The van der Waals surface area contributed by atoms with Crippen molar-refractivity contribution in [2.24, 2.45) is 0 Å². The third-order valence-corrected chi connectivity index (χ3v) is 4.88. The van der Waals surface area contributed by atoms with Crippen LogP contribution in [0.5, 0.6) is 0 Å². The number of hydrogen-bond donors (Lipinski definition) is 1. The molecule has 1 aliphatic heterocycles. The summed E-state index contributed by atoms with van der Waals surface area (Å²) in [5, 5.41) is 13.1. The minimum Gasteiger partial charge on any atom is -0.872 e. The standard InChI is InChI=1S/C22H23FN2O3/c1-14-4-6-16(7-5-14)20(26)18-19(15-8-10-17(23)11-9-15)25(13-12-24(2)3)22(28)21(18)27/h4-11,19,26H,12-13H2,1-3H3. The number of halogens is 1. The molecule has 6 heteroatoms. The lowest BCUT2D eigenvalue weighted by molar-refractivity contribution is -0.857. The van der Waals surface area contributed by atoms with Crippen molar-refractivity contribution in [1.29, 1.82) is 0 Å². The first kappa shape index (κ1) is 19.8. The van der Waals surface area contributed by atoms with Crippen molar-refractivity contribution >= 4 is 17.4 Å². The highest BCUT2D eigenvalue weighted by molar-refractivity contribution is 6.46. The van der Waals surface area contributed by atoms with Crippen molar-refractivity contribution in [3.8, 4) is 0 Å². The molecule has 1 heterocycles. The van der Waals surface area contributed by atoms with E-state index in [4.69, 9.17) is 0 Å². The number of amides is 1. The van der Waals surface area contributed by atoms with E-state index >= 15 is 0 Å². The quantitative estimate of drug-likeness (QED) is 0.465. The zero-order valence-electron chi connectivity index (χ0n) is 16.2. The van der Waals surface area contributed by atoms with Gasteiger partial charge < -0.3 is 14.9 Å². The molecule has 0 saturated carbocycles. The summed E-state index contributed by atoms with van der Waals surface area (Å²) in [5.74, 6) is -2.36. The van der Waals surface area contributed by atoms with E-state index in [-0.39, 0.29) is 5.57 Å². The van der Waals surface area contributed by atoms with Gasteiger partial charge in [0.15, 0.2) is 0 Å². The molecule has 0 aromatic heterocycles. The molecule has 5 nitrogen and oxygen atoms in total. The number of ketones is 1. The van der Waals surface area contributed by atoms with E-state index in [1.165, 1.54) is 29.2 Å². The van der Waals surface area contributed by atoms with E-state index in [1.807, 2.05) is 21.0 Å². The van der Waals surface area contributed by atoms with Crippen LogP contribution in [-0.4, -0.2) is 43.8 Å². The first-order valence-corrected chi connectivity index (χ1v) is 9.17. The fraction of sp³-hybridized carbons (Fsp3) is 0.273. The second kappa shape index (κ2) is 7.94. The third-order valence-electron chi connectivity index (χ3n) is 4.88. The van der Waals surface area contributed by atoms with Crippen molar-refractivity contribution in [3.05, 3.63) is 76.6 Å². The molecule has 3 rings (SSSR count). The fourth-order valence-corrected chi connectivity index (χ4v) is 3.30. The highest BCUT2D eigenvalue weighted by Gasteiger charge is 2.44. The molecule has 1 N–H and O–H groups in total. The number of hydrogen-bond acceptors (Lipinski definition) is 3. The van der Waals surface area contributed by atoms with Crippen molar-refractivity contribution in [2.75, 3.05) is 27.2 Å². The topological polar surface area (TPSA) is 64.9 Å². The number of carbonyl (C=O) groups is 2. The Bertz CT molecular complexity index is 918. The van der Waals surface area contributed by atoms with E-state index < -0.39 is 29.3 Å². The van der Waals surface area contributed by atoms with Crippen molar-refractivity contribution in [1.82, 2.24) is 4.90 Å². The SMILES string of the molecule is Cc1ccc(C([O-])=C2C(=O)C(=O)N(CC[NH+](C)C)C2c2ccc(F)cc2)cc1.